The van der Waals surface area contributed by atoms with Gasteiger partial charge in [-0.2, -0.15) is 0 Å². The van der Waals surface area contributed by atoms with E-state index in [1.807, 2.05) is 6.08 Å². The number of hydrogen-bond acceptors (Lipinski definition) is 0. The minimum Gasteiger partial charge on any atom is -0.107 e. The maximum atomic E-state index is 3.79. The van der Waals surface area contributed by atoms with Crippen LogP contribution >= 0.6 is 7.92 Å². The molecular formula is C16H33P. The van der Waals surface area contributed by atoms with E-state index in [-0.39, 0.29) is 7.92 Å². The van der Waals surface area contributed by atoms with Crippen molar-refractivity contribution in [3.63, 3.8) is 0 Å². The van der Waals surface area contributed by atoms with Gasteiger partial charge in [0.05, 0.1) is 0 Å². The van der Waals surface area contributed by atoms with Crippen molar-refractivity contribution in [3.8, 4) is 0 Å². The quantitative estimate of drug-likeness (QED) is 0.253. The van der Waals surface area contributed by atoms with Gasteiger partial charge in [0.25, 0.3) is 0 Å². The maximum absolute atomic E-state index is 3.79. The van der Waals surface area contributed by atoms with Crippen LogP contribution in [0.3, 0.4) is 0 Å². The first-order valence-corrected chi connectivity index (χ1v) is 9.42. The molecule has 0 aromatic rings. The van der Waals surface area contributed by atoms with Crippen LogP contribution in [0.4, 0.5) is 0 Å². The molecule has 0 saturated carbocycles. The van der Waals surface area contributed by atoms with Gasteiger partial charge in [-0.3, -0.25) is 0 Å². The zero-order valence-corrected chi connectivity index (χ0v) is 13.7. The molecule has 102 valence electrons. The Balaban J connectivity index is 3.49. The Morgan fingerprint density at radius 1 is 1.12 bits per heavy atom. The SMILES string of the molecule is C=CCCC(C)CCCCCC(C)(C)P(C)C. The lowest BCUT2D eigenvalue weighted by Crippen LogP contribution is -2.16. The van der Waals surface area contributed by atoms with E-state index in [1.54, 1.807) is 0 Å². The third kappa shape index (κ3) is 8.83. The van der Waals surface area contributed by atoms with Gasteiger partial charge < -0.3 is 0 Å². The fraction of sp³-hybridized carbons (Fsp3) is 0.875. The minimum atomic E-state index is 0.204. The molecule has 0 aliphatic heterocycles. The maximum Gasteiger partial charge on any atom is -0.0156 e. The van der Waals surface area contributed by atoms with Crippen LogP contribution in [0.25, 0.3) is 0 Å². The third-order valence-electron chi connectivity index (χ3n) is 4.06. The molecule has 0 aromatic heterocycles. The Morgan fingerprint density at radius 2 is 1.76 bits per heavy atom. The van der Waals surface area contributed by atoms with Gasteiger partial charge in [-0.25, -0.2) is 0 Å². The van der Waals surface area contributed by atoms with Crippen LogP contribution in [0.2, 0.25) is 0 Å². The monoisotopic (exact) mass is 256 g/mol. The van der Waals surface area contributed by atoms with Gasteiger partial charge >= 0.3 is 0 Å². The molecule has 0 aliphatic carbocycles. The molecule has 0 N–H and O–H groups in total. The molecule has 0 heterocycles. The molecule has 0 amide bonds. The summed E-state index contributed by atoms with van der Waals surface area (Å²) in [7, 11) is 0.204. The van der Waals surface area contributed by atoms with Gasteiger partial charge in [-0.1, -0.05) is 52.5 Å². The van der Waals surface area contributed by atoms with Gasteiger partial charge in [-0.15, -0.1) is 14.5 Å². The summed E-state index contributed by atoms with van der Waals surface area (Å²) >= 11 is 0. The number of hydrogen-bond donors (Lipinski definition) is 0. The van der Waals surface area contributed by atoms with Crippen LogP contribution in [0.15, 0.2) is 12.7 Å². The molecule has 0 rings (SSSR count). The summed E-state index contributed by atoms with van der Waals surface area (Å²) in [5.74, 6) is 0.885. The Morgan fingerprint density at radius 3 is 2.29 bits per heavy atom. The van der Waals surface area contributed by atoms with Crippen molar-refractivity contribution < 1.29 is 0 Å². The van der Waals surface area contributed by atoms with Crippen molar-refractivity contribution in [1.29, 1.82) is 0 Å². The summed E-state index contributed by atoms with van der Waals surface area (Å²) in [6.45, 7) is 15.9. The molecule has 17 heavy (non-hydrogen) atoms. The molecule has 0 aliphatic rings. The molecule has 1 heteroatoms. The van der Waals surface area contributed by atoms with Crippen molar-refractivity contribution >= 4 is 7.92 Å². The largest absolute Gasteiger partial charge is 0.107 e. The molecule has 0 radical (unpaired) electrons. The van der Waals surface area contributed by atoms with Gasteiger partial charge in [-0.05, 0) is 43.7 Å². The van der Waals surface area contributed by atoms with Crippen LogP contribution in [-0.4, -0.2) is 18.5 Å². The van der Waals surface area contributed by atoms with Crippen molar-refractivity contribution in [1.82, 2.24) is 0 Å². The molecule has 1 atom stereocenters. The summed E-state index contributed by atoms with van der Waals surface area (Å²) in [5.41, 5.74) is 0. The fourth-order valence-corrected chi connectivity index (χ4v) is 2.60. The normalized spacial score (nSPS) is 14.0. The second kappa shape index (κ2) is 9.15. The predicted octanol–water partition coefficient (Wildman–Crippen LogP) is 6.06. The number of allylic oxidation sites excluding steroid dienone is 1. The van der Waals surface area contributed by atoms with E-state index in [0.717, 1.165) is 5.92 Å². The first-order valence-electron chi connectivity index (χ1n) is 7.18. The van der Waals surface area contributed by atoms with Crippen molar-refractivity contribution in [2.24, 2.45) is 5.92 Å². The van der Waals surface area contributed by atoms with Gasteiger partial charge in [0, 0.05) is 0 Å². The van der Waals surface area contributed by atoms with Crippen molar-refractivity contribution in [3.05, 3.63) is 12.7 Å². The zero-order chi connectivity index (χ0) is 13.3. The average molecular weight is 256 g/mol. The molecular weight excluding hydrogens is 223 g/mol. The standard InChI is InChI=1S/C16H33P/c1-7-8-12-15(2)13-10-9-11-14-16(3,4)17(5)6/h7,15H,1,8-14H2,2-6H3. The number of unbranched alkanes of at least 4 members (excludes halogenated alkanes) is 2. The lowest BCUT2D eigenvalue weighted by atomic mass is 9.96. The van der Waals surface area contributed by atoms with E-state index in [9.17, 15) is 0 Å². The second-order valence-corrected chi connectivity index (χ2v) is 9.28. The lowest BCUT2D eigenvalue weighted by Gasteiger charge is -2.29. The van der Waals surface area contributed by atoms with Crippen molar-refractivity contribution in [2.75, 3.05) is 13.3 Å². The van der Waals surface area contributed by atoms with E-state index in [0.29, 0.717) is 5.16 Å². The Labute approximate surface area is 111 Å². The van der Waals surface area contributed by atoms with Crippen molar-refractivity contribution in [2.45, 2.75) is 70.9 Å². The topological polar surface area (TPSA) is 0 Å². The van der Waals surface area contributed by atoms with Crippen LogP contribution in [0.1, 0.15) is 65.7 Å². The fourth-order valence-electron chi connectivity index (χ4n) is 2.00. The van der Waals surface area contributed by atoms with E-state index in [4.69, 9.17) is 0 Å². The first-order chi connectivity index (χ1) is 7.90. The molecule has 0 spiro atoms. The highest BCUT2D eigenvalue weighted by atomic mass is 31.1. The molecule has 0 aromatic carbocycles. The van der Waals surface area contributed by atoms with Crippen LogP contribution < -0.4 is 0 Å². The summed E-state index contributed by atoms with van der Waals surface area (Å²) in [6, 6.07) is 0. The molecule has 0 nitrogen and oxygen atoms in total. The zero-order valence-electron chi connectivity index (χ0n) is 12.8. The highest BCUT2D eigenvalue weighted by Crippen LogP contribution is 2.45. The van der Waals surface area contributed by atoms with E-state index in [2.05, 4.69) is 40.7 Å². The Kier molecular flexibility index (Phi) is 9.24. The molecule has 0 bridgehead atoms. The summed E-state index contributed by atoms with van der Waals surface area (Å²) in [5, 5.41) is 0.587. The Hall–Kier alpha value is 0.170. The summed E-state index contributed by atoms with van der Waals surface area (Å²) < 4.78 is 0. The van der Waals surface area contributed by atoms with Gasteiger partial charge in [0.2, 0.25) is 0 Å². The summed E-state index contributed by atoms with van der Waals surface area (Å²) in [6.07, 6.45) is 11.6. The Bertz CT molecular complexity index is 194. The predicted molar refractivity (Wildman–Crippen MR) is 84.5 cm³/mol. The smallest absolute Gasteiger partial charge is 0.0156 e. The molecule has 1 unspecified atom stereocenters. The first kappa shape index (κ1) is 17.2. The van der Waals surface area contributed by atoms with Crippen LogP contribution in [0, 0.1) is 5.92 Å². The molecule has 0 fully saturated rings. The minimum absolute atomic E-state index is 0.204. The van der Waals surface area contributed by atoms with Crippen LogP contribution in [0.5, 0.6) is 0 Å². The highest BCUT2D eigenvalue weighted by molar-refractivity contribution is 7.57. The van der Waals surface area contributed by atoms with E-state index in [1.165, 1.54) is 44.9 Å². The second-order valence-electron chi connectivity index (χ2n) is 6.28. The highest BCUT2D eigenvalue weighted by Gasteiger charge is 2.20. The van der Waals surface area contributed by atoms with Gasteiger partial charge in [0.15, 0.2) is 0 Å². The van der Waals surface area contributed by atoms with Gasteiger partial charge in [0.1, 0.15) is 0 Å². The number of rotatable bonds is 10. The van der Waals surface area contributed by atoms with E-state index < -0.39 is 0 Å². The third-order valence-corrected chi connectivity index (χ3v) is 6.70. The van der Waals surface area contributed by atoms with Crippen LogP contribution in [-0.2, 0) is 0 Å². The van der Waals surface area contributed by atoms with E-state index >= 15 is 0 Å². The average Bonchev–Trinajstić information content (AvgIpc) is 2.25. The molecule has 0 saturated heterocycles. The summed E-state index contributed by atoms with van der Waals surface area (Å²) in [4.78, 5) is 0. The lowest BCUT2D eigenvalue weighted by molar-refractivity contribution is 0.453.